The van der Waals surface area contributed by atoms with Crippen molar-refractivity contribution >= 4 is 17.6 Å². The van der Waals surface area contributed by atoms with Crippen LogP contribution in [0.1, 0.15) is 13.3 Å². The highest BCUT2D eigenvalue weighted by atomic mass is 16.4. The molecule has 0 saturated heterocycles. The van der Waals surface area contributed by atoms with Crippen LogP contribution in [0.3, 0.4) is 0 Å². The van der Waals surface area contributed by atoms with E-state index in [0.717, 1.165) is 0 Å². The van der Waals surface area contributed by atoms with Gasteiger partial charge in [0, 0.05) is 24.0 Å². The van der Waals surface area contributed by atoms with Crippen molar-refractivity contribution in [2.75, 3.05) is 5.32 Å². The van der Waals surface area contributed by atoms with Crippen molar-refractivity contribution in [2.45, 2.75) is 13.3 Å². The average Bonchev–Trinajstić information content (AvgIpc) is 2.18. The Labute approximate surface area is 87.1 Å². The summed E-state index contributed by atoms with van der Waals surface area (Å²) in [7, 11) is 0. The van der Waals surface area contributed by atoms with E-state index in [0.29, 0.717) is 5.69 Å². The maximum absolute atomic E-state index is 11.5. The van der Waals surface area contributed by atoms with Crippen LogP contribution in [0.5, 0.6) is 0 Å². The number of hydrogen-bond acceptors (Lipinski definition) is 3. The molecule has 1 atom stereocenters. The molecule has 5 nitrogen and oxygen atoms in total. The molecule has 80 valence electrons. The lowest BCUT2D eigenvalue weighted by molar-refractivity contribution is -0.139. The molecule has 0 aliphatic heterocycles. The zero-order valence-corrected chi connectivity index (χ0v) is 8.30. The third-order valence-corrected chi connectivity index (χ3v) is 1.88. The molecular formula is C10H12N2O3. The van der Waals surface area contributed by atoms with Crippen molar-refractivity contribution in [3.05, 3.63) is 24.5 Å². The van der Waals surface area contributed by atoms with E-state index in [4.69, 9.17) is 5.11 Å². The Morgan fingerprint density at radius 1 is 1.47 bits per heavy atom. The summed E-state index contributed by atoms with van der Waals surface area (Å²) in [4.78, 5) is 25.6. The number of amides is 1. The lowest BCUT2D eigenvalue weighted by Gasteiger charge is -2.09. The van der Waals surface area contributed by atoms with Crippen molar-refractivity contribution in [3.8, 4) is 0 Å². The molecule has 1 rings (SSSR count). The topological polar surface area (TPSA) is 79.3 Å². The van der Waals surface area contributed by atoms with Crippen molar-refractivity contribution in [3.63, 3.8) is 0 Å². The van der Waals surface area contributed by atoms with E-state index in [1.54, 1.807) is 31.5 Å². The molecule has 5 heteroatoms. The van der Waals surface area contributed by atoms with Gasteiger partial charge in [0.2, 0.25) is 5.91 Å². The predicted molar refractivity (Wildman–Crippen MR) is 54.3 cm³/mol. The highest BCUT2D eigenvalue weighted by Crippen LogP contribution is 2.08. The zero-order valence-electron chi connectivity index (χ0n) is 8.30. The Morgan fingerprint density at radius 3 is 2.60 bits per heavy atom. The summed E-state index contributed by atoms with van der Waals surface area (Å²) in [6.45, 7) is 1.57. The lowest BCUT2D eigenvalue weighted by Crippen LogP contribution is -2.22. The van der Waals surface area contributed by atoms with Gasteiger partial charge in [-0.1, -0.05) is 6.92 Å². The molecule has 0 radical (unpaired) electrons. The molecule has 1 aromatic rings. The molecule has 2 N–H and O–H groups in total. The molecule has 1 unspecified atom stereocenters. The molecule has 0 fully saturated rings. The van der Waals surface area contributed by atoms with Gasteiger partial charge in [0.1, 0.15) is 0 Å². The monoisotopic (exact) mass is 208 g/mol. The summed E-state index contributed by atoms with van der Waals surface area (Å²) in [5.41, 5.74) is 0.618. The number of pyridine rings is 1. The fourth-order valence-corrected chi connectivity index (χ4v) is 1.06. The van der Waals surface area contributed by atoms with Crippen LogP contribution < -0.4 is 5.32 Å². The van der Waals surface area contributed by atoms with Gasteiger partial charge in [-0.05, 0) is 12.1 Å². The molecule has 1 heterocycles. The molecule has 1 aromatic heterocycles. The fraction of sp³-hybridized carbons (Fsp3) is 0.300. The van der Waals surface area contributed by atoms with E-state index >= 15 is 0 Å². The van der Waals surface area contributed by atoms with Crippen LogP contribution in [0.4, 0.5) is 5.69 Å². The number of anilines is 1. The summed E-state index contributed by atoms with van der Waals surface area (Å²) >= 11 is 0. The third kappa shape index (κ3) is 3.76. The largest absolute Gasteiger partial charge is 0.481 e. The number of hydrogen-bond donors (Lipinski definition) is 2. The third-order valence-electron chi connectivity index (χ3n) is 1.88. The van der Waals surface area contributed by atoms with Crippen molar-refractivity contribution in [1.82, 2.24) is 4.98 Å². The SMILES string of the molecule is CC(CC(=O)O)C(=O)Nc1ccncc1. The van der Waals surface area contributed by atoms with Crippen LogP contribution in [0, 0.1) is 5.92 Å². The first-order chi connectivity index (χ1) is 7.09. The zero-order chi connectivity index (χ0) is 11.3. The molecule has 0 aromatic carbocycles. The van der Waals surface area contributed by atoms with Crippen molar-refractivity contribution in [1.29, 1.82) is 0 Å². The van der Waals surface area contributed by atoms with Gasteiger partial charge >= 0.3 is 5.97 Å². The number of nitrogens with one attached hydrogen (secondary N) is 1. The predicted octanol–water partition coefficient (Wildman–Crippen LogP) is 1.13. The number of nitrogens with zero attached hydrogens (tertiary/aromatic N) is 1. The van der Waals surface area contributed by atoms with Crippen LogP contribution in [0.25, 0.3) is 0 Å². The van der Waals surface area contributed by atoms with Crippen molar-refractivity contribution < 1.29 is 14.7 Å². The van der Waals surface area contributed by atoms with Gasteiger partial charge < -0.3 is 10.4 Å². The minimum atomic E-state index is -0.979. The molecular weight excluding hydrogens is 196 g/mol. The maximum Gasteiger partial charge on any atom is 0.304 e. The number of carboxylic acid groups (broad SMARTS) is 1. The fourth-order valence-electron chi connectivity index (χ4n) is 1.06. The van der Waals surface area contributed by atoms with Crippen LogP contribution in [-0.2, 0) is 9.59 Å². The summed E-state index contributed by atoms with van der Waals surface area (Å²) in [6.07, 6.45) is 2.94. The van der Waals surface area contributed by atoms with E-state index in [9.17, 15) is 9.59 Å². The summed E-state index contributed by atoms with van der Waals surface area (Å²) in [5.74, 6) is -1.83. The molecule has 0 saturated carbocycles. The van der Waals surface area contributed by atoms with E-state index in [2.05, 4.69) is 10.3 Å². The Bertz CT molecular complexity index is 351. The van der Waals surface area contributed by atoms with Gasteiger partial charge in [0.15, 0.2) is 0 Å². The average molecular weight is 208 g/mol. The normalized spacial score (nSPS) is 11.8. The first kappa shape index (κ1) is 11.2. The summed E-state index contributed by atoms with van der Waals surface area (Å²) in [5, 5.41) is 11.1. The van der Waals surface area contributed by atoms with Gasteiger partial charge in [-0.3, -0.25) is 14.6 Å². The Balaban J connectivity index is 2.52. The van der Waals surface area contributed by atoms with Crippen molar-refractivity contribution in [2.24, 2.45) is 5.92 Å². The van der Waals surface area contributed by atoms with Gasteiger partial charge in [0.05, 0.1) is 6.42 Å². The molecule has 0 spiro atoms. The van der Waals surface area contributed by atoms with Gasteiger partial charge in [-0.2, -0.15) is 0 Å². The Hall–Kier alpha value is -1.91. The maximum atomic E-state index is 11.5. The summed E-state index contributed by atoms with van der Waals surface area (Å²) < 4.78 is 0. The van der Waals surface area contributed by atoms with Crippen LogP contribution >= 0.6 is 0 Å². The van der Waals surface area contributed by atoms with Crippen LogP contribution in [0.2, 0.25) is 0 Å². The second kappa shape index (κ2) is 5.09. The number of aromatic nitrogens is 1. The number of rotatable bonds is 4. The quantitative estimate of drug-likeness (QED) is 0.777. The standard InChI is InChI=1S/C10H12N2O3/c1-7(6-9(13)14)10(15)12-8-2-4-11-5-3-8/h2-5,7H,6H2,1H3,(H,13,14)(H,11,12,15). The molecule has 1 amide bonds. The molecule has 0 aliphatic rings. The number of carbonyl (C=O) groups is 2. The van der Waals surface area contributed by atoms with E-state index < -0.39 is 11.9 Å². The molecule has 0 aliphatic carbocycles. The highest BCUT2D eigenvalue weighted by molar-refractivity contribution is 5.94. The summed E-state index contributed by atoms with van der Waals surface area (Å²) in [6, 6.07) is 3.29. The van der Waals surface area contributed by atoms with Gasteiger partial charge in [0.25, 0.3) is 0 Å². The number of carbonyl (C=O) groups excluding carboxylic acids is 1. The lowest BCUT2D eigenvalue weighted by atomic mass is 10.1. The number of aliphatic carboxylic acids is 1. The number of carboxylic acids is 1. The smallest absolute Gasteiger partial charge is 0.304 e. The Kier molecular flexibility index (Phi) is 3.79. The first-order valence-corrected chi connectivity index (χ1v) is 4.52. The van der Waals surface area contributed by atoms with E-state index in [1.807, 2.05) is 0 Å². The minimum absolute atomic E-state index is 0.170. The van der Waals surface area contributed by atoms with Gasteiger partial charge in [-0.15, -0.1) is 0 Å². The van der Waals surface area contributed by atoms with Gasteiger partial charge in [-0.25, -0.2) is 0 Å². The Morgan fingerprint density at radius 2 is 2.07 bits per heavy atom. The molecule has 15 heavy (non-hydrogen) atoms. The van der Waals surface area contributed by atoms with Crippen LogP contribution in [-0.4, -0.2) is 22.0 Å². The molecule has 0 bridgehead atoms. The van der Waals surface area contributed by atoms with Crippen LogP contribution in [0.15, 0.2) is 24.5 Å². The second-order valence-electron chi connectivity index (χ2n) is 3.22. The highest BCUT2D eigenvalue weighted by Gasteiger charge is 2.16. The minimum Gasteiger partial charge on any atom is -0.481 e. The first-order valence-electron chi connectivity index (χ1n) is 4.52. The second-order valence-corrected chi connectivity index (χ2v) is 3.22. The van der Waals surface area contributed by atoms with E-state index in [-0.39, 0.29) is 12.3 Å². The van der Waals surface area contributed by atoms with E-state index in [1.165, 1.54) is 0 Å².